The molecule has 1 unspecified atom stereocenters. The number of nitrogens with two attached hydrogens (primary N) is 1. The van der Waals surface area contributed by atoms with Crippen LogP contribution in [0.1, 0.15) is 24.5 Å². The minimum atomic E-state index is -0.765. The Bertz CT molecular complexity index is 490. The van der Waals surface area contributed by atoms with Gasteiger partial charge in [-0.2, -0.15) is 0 Å². The Kier molecular flexibility index (Phi) is 3.52. The van der Waals surface area contributed by atoms with Gasteiger partial charge in [0.05, 0.1) is 12.7 Å². The number of carbonyl (C=O) groups excluding carboxylic acids is 1. The number of morpholine rings is 1. The Morgan fingerprint density at radius 1 is 1.40 bits per heavy atom. The largest absolute Gasteiger partial charge is 0.375 e. The van der Waals surface area contributed by atoms with Crippen molar-refractivity contribution in [3.63, 3.8) is 0 Å². The summed E-state index contributed by atoms with van der Waals surface area (Å²) in [5.41, 5.74) is 8.10. The summed E-state index contributed by atoms with van der Waals surface area (Å²) in [6, 6.07) is 8.17. The molecule has 1 aromatic carbocycles. The van der Waals surface area contributed by atoms with E-state index in [1.807, 2.05) is 17.0 Å². The van der Waals surface area contributed by atoms with Crippen LogP contribution in [0.25, 0.3) is 0 Å². The maximum atomic E-state index is 12.8. The van der Waals surface area contributed by atoms with E-state index in [1.54, 1.807) is 0 Å². The smallest absolute Gasteiger partial charge is 0.243 e. The molecule has 0 radical (unpaired) electrons. The standard InChI is InChI=1S/C16H22N2O2/c1-2-14-11-18(7-8-20-14)15(19)16(17)9-12-5-3-4-6-13(12)10-16/h3-6,14H,2,7-11,17H2,1H3. The van der Waals surface area contributed by atoms with Gasteiger partial charge in [-0.1, -0.05) is 31.2 Å². The van der Waals surface area contributed by atoms with Gasteiger partial charge in [-0.15, -0.1) is 0 Å². The summed E-state index contributed by atoms with van der Waals surface area (Å²) < 4.78 is 5.63. The zero-order valence-electron chi connectivity index (χ0n) is 12.0. The molecule has 1 aliphatic carbocycles. The molecular formula is C16H22N2O2. The maximum absolute atomic E-state index is 12.8. The van der Waals surface area contributed by atoms with Crippen LogP contribution in [0.2, 0.25) is 0 Å². The summed E-state index contributed by atoms with van der Waals surface area (Å²) >= 11 is 0. The molecule has 1 saturated heterocycles. The lowest BCUT2D eigenvalue weighted by molar-refractivity contribution is -0.144. The summed E-state index contributed by atoms with van der Waals surface area (Å²) in [5, 5.41) is 0. The third kappa shape index (κ3) is 2.34. The maximum Gasteiger partial charge on any atom is 0.243 e. The van der Waals surface area contributed by atoms with E-state index < -0.39 is 5.54 Å². The number of fused-ring (bicyclic) bond motifs is 1. The highest BCUT2D eigenvalue weighted by molar-refractivity contribution is 5.88. The SMILES string of the molecule is CCC1CN(C(=O)C2(N)Cc3ccccc3C2)CCO1. The van der Waals surface area contributed by atoms with E-state index in [0.29, 0.717) is 32.5 Å². The quantitative estimate of drug-likeness (QED) is 0.879. The van der Waals surface area contributed by atoms with Crippen LogP contribution in [-0.4, -0.2) is 42.1 Å². The van der Waals surface area contributed by atoms with Gasteiger partial charge in [0.2, 0.25) is 5.91 Å². The third-order valence-corrected chi connectivity index (χ3v) is 4.44. The Balaban J connectivity index is 1.75. The van der Waals surface area contributed by atoms with Crippen LogP contribution in [-0.2, 0) is 22.4 Å². The molecule has 1 aliphatic heterocycles. The van der Waals surface area contributed by atoms with Crippen molar-refractivity contribution in [1.29, 1.82) is 0 Å². The highest BCUT2D eigenvalue weighted by Crippen LogP contribution is 2.30. The van der Waals surface area contributed by atoms with E-state index in [9.17, 15) is 4.79 Å². The van der Waals surface area contributed by atoms with Crippen LogP contribution in [0.3, 0.4) is 0 Å². The lowest BCUT2D eigenvalue weighted by atomic mass is 9.94. The third-order valence-electron chi connectivity index (χ3n) is 4.44. The molecule has 20 heavy (non-hydrogen) atoms. The summed E-state index contributed by atoms with van der Waals surface area (Å²) in [6.45, 7) is 4.03. The predicted molar refractivity (Wildman–Crippen MR) is 77.4 cm³/mol. The molecule has 4 nitrogen and oxygen atoms in total. The van der Waals surface area contributed by atoms with Crippen molar-refractivity contribution < 1.29 is 9.53 Å². The minimum absolute atomic E-state index is 0.0791. The number of nitrogens with zero attached hydrogens (tertiary/aromatic N) is 1. The first-order chi connectivity index (χ1) is 9.62. The van der Waals surface area contributed by atoms with Gasteiger partial charge >= 0.3 is 0 Å². The first-order valence-corrected chi connectivity index (χ1v) is 7.39. The van der Waals surface area contributed by atoms with Crippen LogP contribution in [0.4, 0.5) is 0 Å². The Labute approximate surface area is 119 Å². The van der Waals surface area contributed by atoms with E-state index >= 15 is 0 Å². The highest BCUT2D eigenvalue weighted by Gasteiger charge is 2.43. The van der Waals surface area contributed by atoms with Gasteiger partial charge in [0.15, 0.2) is 0 Å². The second-order valence-corrected chi connectivity index (χ2v) is 5.93. The number of rotatable bonds is 2. The van der Waals surface area contributed by atoms with E-state index in [0.717, 1.165) is 6.42 Å². The van der Waals surface area contributed by atoms with E-state index in [1.165, 1.54) is 11.1 Å². The molecule has 1 heterocycles. The lowest BCUT2D eigenvalue weighted by Gasteiger charge is -2.37. The zero-order chi connectivity index (χ0) is 14.2. The normalized spacial score (nSPS) is 24.5. The average Bonchev–Trinajstić information content (AvgIpc) is 2.84. The van der Waals surface area contributed by atoms with Crippen LogP contribution in [0, 0.1) is 0 Å². The lowest BCUT2D eigenvalue weighted by Crippen LogP contribution is -2.59. The molecule has 3 rings (SSSR count). The van der Waals surface area contributed by atoms with Crippen LogP contribution in [0.5, 0.6) is 0 Å². The second kappa shape index (κ2) is 5.19. The molecule has 4 heteroatoms. The van der Waals surface area contributed by atoms with Gasteiger partial charge < -0.3 is 15.4 Å². The molecule has 0 aromatic heterocycles. The van der Waals surface area contributed by atoms with Gasteiger partial charge in [-0.25, -0.2) is 0 Å². The molecule has 2 N–H and O–H groups in total. The number of hydrogen-bond donors (Lipinski definition) is 1. The van der Waals surface area contributed by atoms with Crippen molar-refractivity contribution >= 4 is 5.91 Å². The molecule has 1 atom stereocenters. The van der Waals surface area contributed by atoms with E-state index in [-0.39, 0.29) is 12.0 Å². The number of hydrogen-bond acceptors (Lipinski definition) is 3. The fourth-order valence-electron chi connectivity index (χ4n) is 3.26. The topological polar surface area (TPSA) is 55.6 Å². The van der Waals surface area contributed by atoms with Crippen molar-refractivity contribution in [2.45, 2.75) is 37.8 Å². The molecule has 1 fully saturated rings. The minimum Gasteiger partial charge on any atom is -0.375 e. The first kappa shape index (κ1) is 13.6. The molecular weight excluding hydrogens is 252 g/mol. The molecule has 1 amide bonds. The fourth-order valence-corrected chi connectivity index (χ4v) is 3.26. The molecule has 0 saturated carbocycles. The zero-order valence-corrected chi connectivity index (χ0v) is 12.0. The van der Waals surface area contributed by atoms with Crippen molar-refractivity contribution in [2.24, 2.45) is 5.73 Å². The van der Waals surface area contributed by atoms with E-state index in [4.69, 9.17) is 10.5 Å². The second-order valence-electron chi connectivity index (χ2n) is 5.93. The summed E-state index contributed by atoms with van der Waals surface area (Å²) in [4.78, 5) is 14.7. The predicted octanol–water partition coefficient (Wildman–Crippen LogP) is 1.12. The molecule has 1 aromatic rings. The van der Waals surface area contributed by atoms with Gasteiger partial charge in [0, 0.05) is 13.1 Å². The highest BCUT2D eigenvalue weighted by atomic mass is 16.5. The summed E-state index contributed by atoms with van der Waals surface area (Å²) in [7, 11) is 0. The first-order valence-electron chi connectivity index (χ1n) is 7.39. The average molecular weight is 274 g/mol. The summed E-state index contributed by atoms with van der Waals surface area (Å²) in [5.74, 6) is 0.0791. The Hall–Kier alpha value is -1.39. The number of ether oxygens (including phenoxy) is 1. The van der Waals surface area contributed by atoms with Gasteiger partial charge in [-0.05, 0) is 30.4 Å². The van der Waals surface area contributed by atoms with Gasteiger partial charge in [0.1, 0.15) is 5.54 Å². The molecule has 0 spiro atoms. The van der Waals surface area contributed by atoms with Crippen molar-refractivity contribution in [1.82, 2.24) is 4.90 Å². The number of carbonyl (C=O) groups is 1. The van der Waals surface area contributed by atoms with Crippen molar-refractivity contribution in [3.8, 4) is 0 Å². The molecule has 0 bridgehead atoms. The van der Waals surface area contributed by atoms with Crippen molar-refractivity contribution in [2.75, 3.05) is 19.7 Å². The van der Waals surface area contributed by atoms with Crippen LogP contribution < -0.4 is 5.73 Å². The molecule has 108 valence electrons. The molecule has 2 aliphatic rings. The Morgan fingerprint density at radius 3 is 2.65 bits per heavy atom. The Morgan fingerprint density at radius 2 is 2.05 bits per heavy atom. The summed E-state index contributed by atoms with van der Waals surface area (Å²) in [6.07, 6.45) is 2.38. The van der Waals surface area contributed by atoms with Crippen molar-refractivity contribution in [3.05, 3.63) is 35.4 Å². The van der Waals surface area contributed by atoms with Gasteiger partial charge in [0.25, 0.3) is 0 Å². The monoisotopic (exact) mass is 274 g/mol. The van der Waals surface area contributed by atoms with Crippen LogP contribution >= 0.6 is 0 Å². The number of amides is 1. The number of benzene rings is 1. The van der Waals surface area contributed by atoms with Gasteiger partial charge in [-0.3, -0.25) is 4.79 Å². The fraction of sp³-hybridized carbons (Fsp3) is 0.562. The van der Waals surface area contributed by atoms with E-state index in [2.05, 4.69) is 19.1 Å². The van der Waals surface area contributed by atoms with Crippen LogP contribution in [0.15, 0.2) is 24.3 Å².